The number of para-hydroxylation sites is 1. The second-order valence-electron chi connectivity index (χ2n) is 7.84. The van der Waals surface area contributed by atoms with Crippen molar-refractivity contribution >= 4 is 17.5 Å². The summed E-state index contributed by atoms with van der Waals surface area (Å²) in [5.41, 5.74) is 7.57. The molecular weight excluding hydrogens is 326 g/mol. The molecule has 2 aliphatic rings. The SMILES string of the molecule is NC1CCC(NC(=O)Cc2ccccc2NC(=O)C2CCCCC2)CC1. The molecule has 2 amide bonds. The Morgan fingerprint density at radius 2 is 1.65 bits per heavy atom. The largest absolute Gasteiger partial charge is 0.353 e. The predicted octanol–water partition coefficient (Wildman–Crippen LogP) is 3.13. The van der Waals surface area contributed by atoms with Gasteiger partial charge in [0, 0.05) is 23.7 Å². The van der Waals surface area contributed by atoms with Crippen molar-refractivity contribution in [3.63, 3.8) is 0 Å². The van der Waals surface area contributed by atoms with Crippen molar-refractivity contribution in [1.29, 1.82) is 0 Å². The summed E-state index contributed by atoms with van der Waals surface area (Å²) >= 11 is 0. The predicted molar refractivity (Wildman–Crippen MR) is 104 cm³/mol. The maximum absolute atomic E-state index is 12.5. The van der Waals surface area contributed by atoms with Gasteiger partial charge in [0.2, 0.25) is 11.8 Å². The number of hydrogen-bond donors (Lipinski definition) is 3. The molecule has 0 bridgehead atoms. The van der Waals surface area contributed by atoms with Crippen LogP contribution in [0.15, 0.2) is 24.3 Å². The van der Waals surface area contributed by atoms with E-state index in [9.17, 15) is 9.59 Å². The second-order valence-corrected chi connectivity index (χ2v) is 7.84. The van der Waals surface area contributed by atoms with E-state index >= 15 is 0 Å². The molecule has 0 unspecified atom stereocenters. The van der Waals surface area contributed by atoms with Crippen LogP contribution in [-0.4, -0.2) is 23.9 Å². The number of carbonyl (C=O) groups is 2. The van der Waals surface area contributed by atoms with Crippen molar-refractivity contribution in [3.8, 4) is 0 Å². The van der Waals surface area contributed by atoms with E-state index in [1.54, 1.807) is 0 Å². The van der Waals surface area contributed by atoms with Gasteiger partial charge in [-0.2, -0.15) is 0 Å². The fourth-order valence-corrected chi connectivity index (χ4v) is 4.11. The minimum atomic E-state index is 0.0184. The first-order valence-electron chi connectivity index (χ1n) is 10.1. The second kappa shape index (κ2) is 9.17. The first-order valence-corrected chi connectivity index (χ1v) is 10.1. The molecular formula is C21H31N3O2. The van der Waals surface area contributed by atoms with E-state index in [0.29, 0.717) is 6.42 Å². The topological polar surface area (TPSA) is 84.2 Å². The van der Waals surface area contributed by atoms with Gasteiger partial charge in [0.05, 0.1) is 6.42 Å². The summed E-state index contributed by atoms with van der Waals surface area (Å²) < 4.78 is 0. The molecule has 2 saturated carbocycles. The number of nitrogens with one attached hydrogen (secondary N) is 2. The van der Waals surface area contributed by atoms with E-state index in [-0.39, 0.29) is 29.8 Å². The van der Waals surface area contributed by atoms with Crippen LogP contribution in [0.2, 0.25) is 0 Å². The maximum Gasteiger partial charge on any atom is 0.227 e. The van der Waals surface area contributed by atoms with Gasteiger partial charge in [-0.25, -0.2) is 0 Å². The van der Waals surface area contributed by atoms with Crippen LogP contribution in [0.5, 0.6) is 0 Å². The molecule has 4 N–H and O–H groups in total. The minimum Gasteiger partial charge on any atom is -0.353 e. The van der Waals surface area contributed by atoms with Crippen molar-refractivity contribution in [2.45, 2.75) is 76.3 Å². The third kappa shape index (κ3) is 5.31. The van der Waals surface area contributed by atoms with E-state index in [1.807, 2.05) is 24.3 Å². The van der Waals surface area contributed by atoms with Crippen LogP contribution in [0.4, 0.5) is 5.69 Å². The van der Waals surface area contributed by atoms with Crippen LogP contribution in [0.25, 0.3) is 0 Å². The lowest BCUT2D eigenvalue weighted by Crippen LogP contribution is -2.41. The van der Waals surface area contributed by atoms with Crippen molar-refractivity contribution in [1.82, 2.24) is 5.32 Å². The first-order chi connectivity index (χ1) is 12.6. The zero-order valence-corrected chi connectivity index (χ0v) is 15.5. The number of amides is 2. The van der Waals surface area contributed by atoms with Crippen LogP contribution in [0.1, 0.15) is 63.4 Å². The zero-order valence-electron chi connectivity index (χ0n) is 15.5. The van der Waals surface area contributed by atoms with E-state index in [4.69, 9.17) is 5.73 Å². The Balaban J connectivity index is 1.56. The Morgan fingerprint density at radius 3 is 2.38 bits per heavy atom. The van der Waals surface area contributed by atoms with Crippen LogP contribution in [0, 0.1) is 5.92 Å². The van der Waals surface area contributed by atoms with Crippen molar-refractivity contribution < 1.29 is 9.59 Å². The third-order valence-electron chi connectivity index (χ3n) is 5.74. The van der Waals surface area contributed by atoms with Crippen molar-refractivity contribution in [2.75, 3.05) is 5.32 Å². The summed E-state index contributed by atoms with van der Waals surface area (Å²) in [6.07, 6.45) is 9.57. The summed E-state index contributed by atoms with van der Waals surface area (Å²) in [5, 5.41) is 6.18. The van der Waals surface area contributed by atoms with Crippen LogP contribution in [0.3, 0.4) is 0 Å². The highest BCUT2D eigenvalue weighted by atomic mass is 16.2. The van der Waals surface area contributed by atoms with Gasteiger partial charge in [0.25, 0.3) is 0 Å². The molecule has 0 atom stereocenters. The number of rotatable bonds is 5. The fraction of sp³-hybridized carbons (Fsp3) is 0.619. The summed E-state index contributed by atoms with van der Waals surface area (Å²) in [6.45, 7) is 0. The molecule has 26 heavy (non-hydrogen) atoms. The van der Waals surface area contributed by atoms with Gasteiger partial charge in [-0.1, -0.05) is 37.5 Å². The molecule has 0 saturated heterocycles. The van der Waals surface area contributed by atoms with Crippen LogP contribution >= 0.6 is 0 Å². The molecule has 5 nitrogen and oxygen atoms in total. The molecule has 2 aliphatic carbocycles. The lowest BCUT2D eigenvalue weighted by atomic mass is 9.88. The summed E-state index contributed by atoms with van der Waals surface area (Å²) in [4.78, 5) is 25.0. The Labute approximate surface area is 156 Å². The summed E-state index contributed by atoms with van der Waals surface area (Å²) in [5.74, 6) is 0.223. The normalized spacial score (nSPS) is 24.0. The Bertz CT molecular complexity index is 617. The third-order valence-corrected chi connectivity index (χ3v) is 5.74. The molecule has 5 heteroatoms. The van der Waals surface area contributed by atoms with E-state index in [2.05, 4.69) is 10.6 Å². The average molecular weight is 357 g/mol. The standard InChI is InChI=1S/C21H31N3O2/c22-17-10-12-18(13-11-17)23-20(25)14-16-8-4-5-9-19(16)24-21(26)15-6-2-1-3-7-15/h4-5,8-9,15,17-18H,1-3,6-7,10-14,22H2,(H,23,25)(H,24,26). The van der Waals surface area contributed by atoms with Crippen molar-refractivity contribution in [2.24, 2.45) is 11.7 Å². The van der Waals surface area contributed by atoms with Crippen LogP contribution < -0.4 is 16.4 Å². The quantitative estimate of drug-likeness (QED) is 0.757. The van der Waals surface area contributed by atoms with Gasteiger partial charge in [-0.05, 0) is 50.2 Å². The zero-order chi connectivity index (χ0) is 18.4. The first kappa shape index (κ1) is 18.9. The summed E-state index contributed by atoms with van der Waals surface area (Å²) in [7, 11) is 0. The summed E-state index contributed by atoms with van der Waals surface area (Å²) in [6, 6.07) is 8.14. The number of nitrogens with two attached hydrogens (primary N) is 1. The number of anilines is 1. The molecule has 0 aromatic heterocycles. The van der Waals surface area contributed by atoms with E-state index in [1.165, 1.54) is 6.42 Å². The number of benzene rings is 1. The van der Waals surface area contributed by atoms with Gasteiger partial charge >= 0.3 is 0 Å². The molecule has 2 fully saturated rings. The molecule has 0 aliphatic heterocycles. The molecule has 0 heterocycles. The Hall–Kier alpha value is -1.88. The lowest BCUT2D eigenvalue weighted by Gasteiger charge is -2.27. The van der Waals surface area contributed by atoms with Gasteiger partial charge in [-0.3, -0.25) is 9.59 Å². The maximum atomic E-state index is 12.5. The van der Waals surface area contributed by atoms with E-state index in [0.717, 1.165) is 62.6 Å². The molecule has 3 rings (SSSR count). The highest BCUT2D eigenvalue weighted by molar-refractivity contribution is 5.94. The molecule has 1 aromatic carbocycles. The number of hydrogen-bond acceptors (Lipinski definition) is 3. The van der Waals surface area contributed by atoms with E-state index < -0.39 is 0 Å². The Morgan fingerprint density at radius 1 is 0.962 bits per heavy atom. The fourth-order valence-electron chi connectivity index (χ4n) is 4.11. The monoisotopic (exact) mass is 357 g/mol. The molecule has 0 spiro atoms. The molecule has 1 aromatic rings. The van der Waals surface area contributed by atoms with Crippen LogP contribution in [-0.2, 0) is 16.0 Å². The number of carbonyl (C=O) groups excluding carboxylic acids is 2. The smallest absolute Gasteiger partial charge is 0.227 e. The van der Waals surface area contributed by atoms with Gasteiger partial charge in [-0.15, -0.1) is 0 Å². The van der Waals surface area contributed by atoms with Gasteiger partial charge in [0.1, 0.15) is 0 Å². The van der Waals surface area contributed by atoms with Crippen molar-refractivity contribution in [3.05, 3.63) is 29.8 Å². The highest BCUT2D eigenvalue weighted by Crippen LogP contribution is 2.26. The molecule has 0 radical (unpaired) electrons. The van der Waals surface area contributed by atoms with Gasteiger partial charge in [0.15, 0.2) is 0 Å². The minimum absolute atomic E-state index is 0.0184. The highest BCUT2D eigenvalue weighted by Gasteiger charge is 2.23. The molecule has 142 valence electrons. The average Bonchev–Trinajstić information content (AvgIpc) is 2.66. The lowest BCUT2D eigenvalue weighted by molar-refractivity contribution is -0.122. The Kier molecular flexibility index (Phi) is 6.67. The van der Waals surface area contributed by atoms with Gasteiger partial charge < -0.3 is 16.4 Å².